The van der Waals surface area contributed by atoms with Gasteiger partial charge < -0.3 is 20.1 Å². The van der Waals surface area contributed by atoms with Crippen LogP contribution in [0.3, 0.4) is 0 Å². The van der Waals surface area contributed by atoms with Gasteiger partial charge >= 0.3 is 0 Å². The maximum Gasteiger partial charge on any atom is 0.233 e. The highest BCUT2D eigenvalue weighted by molar-refractivity contribution is 5.83. The lowest BCUT2D eigenvalue weighted by Gasteiger charge is -2.37. The summed E-state index contributed by atoms with van der Waals surface area (Å²) in [6.07, 6.45) is 1.80. The number of aliphatic hydroxyl groups excluding tert-OH is 1. The van der Waals surface area contributed by atoms with Crippen LogP contribution in [0.1, 0.15) is 5.69 Å². The minimum Gasteiger partial charge on any atom is -0.395 e. The number of carbonyl (C=O) groups excluding carboxylic acids is 1. The lowest BCUT2D eigenvalue weighted by molar-refractivity contribution is -0.170. The Hall–Kier alpha value is -1.33. The first-order chi connectivity index (χ1) is 7.27. The van der Waals surface area contributed by atoms with Crippen molar-refractivity contribution >= 4 is 5.91 Å². The van der Waals surface area contributed by atoms with E-state index in [4.69, 9.17) is 9.84 Å². The third kappa shape index (κ3) is 1.88. The van der Waals surface area contributed by atoms with Gasteiger partial charge in [0.25, 0.3) is 0 Å². The molecule has 0 radical (unpaired) electrons. The van der Waals surface area contributed by atoms with Gasteiger partial charge in [-0.3, -0.25) is 4.79 Å². The SMILES string of the molecule is O=C(NCc1ccc[nH]1)C1(CO)COC1. The van der Waals surface area contributed by atoms with E-state index in [9.17, 15) is 4.79 Å². The average Bonchev–Trinajstić information content (AvgIpc) is 2.66. The maximum atomic E-state index is 11.7. The van der Waals surface area contributed by atoms with Crippen LogP contribution in [-0.4, -0.2) is 35.8 Å². The fourth-order valence-electron chi connectivity index (χ4n) is 1.48. The molecular weight excluding hydrogens is 196 g/mol. The van der Waals surface area contributed by atoms with Crippen LogP contribution in [0.15, 0.2) is 18.3 Å². The summed E-state index contributed by atoms with van der Waals surface area (Å²) in [6, 6.07) is 3.76. The number of aromatic nitrogens is 1. The van der Waals surface area contributed by atoms with Crippen LogP contribution < -0.4 is 5.32 Å². The molecule has 0 atom stereocenters. The predicted molar refractivity (Wildman–Crippen MR) is 53.0 cm³/mol. The van der Waals surface area contributed by atoms with Gasteiger partial charge in [0.05, 0.1) is 26.4 Å². The van der Waals surface area contributed by atoms with Crippen LogP contribution in [0.2, 0.25) is 0 Å². The van der Waals surface area contributed by atoms with Gasteiger partial charge in [-0.25, -0.2) is 0 Å². The first-order valence-electron chi connectivity index (χ1n) is 4.86. The number of hydrogen-bond donors (Lipinski definition) is 3. The number of carbonyl (C=O) groups is 1. The molecule has 0 aliphatic carbocycles. The van der Waals surface area contributed by atoms with E-state index in [-0.39, 0.29) is 12.5 Å². The van der Waals surface area contributed by atoms with Gasteiger partial charge in [-0.2, -0.15) is 0 Å². The molecule has 5 heteroatoms. The van der Waals surface area contributed by atoms with E-state index in [1.54, 1.807) is 6.20 Å². The molecule has 15 heavy (non-hydrogen) atoms. The zero-order chi connectivity index (χ0) is 10.7. The highest BCUT2D eigenvalue weighted by Gasteiger charge is 2.45. The molecule has 1 saturated heterocycles. The highest BCUT2D eigenvalue weighted by atomic mass is 16.5. The summed E-state index contributed by atoms with van der Waals surface area (Å²) < 4.78 is 4.96. The molecule has 0 spiro atoms. The van der Waals surface area contributed by atoms with Gasteiger partial charge in [-0.15, -0.1) is 0 Å². The predicted octanol–water partition coefficient (Wildman–Crippen LogP) is -0.360. The average molecular weight is 210 g/mol. The topological polar surface area (TPSA) is 74.4 Å². The third-order valence-electron chi connectivity index (χ3n) is 2.64. The lowest BCUT2D eigenvalue weighted by Crippen LogP contribution is -2.56. The molecule has 1 aliphatic rings. The van der Waals surface area contributed by atoms with Gasteiger partial charge in [0.2, 0.25) is 5.91 Å². The molecule has 2 heterocycles. The molecule has 5 nitrogen and oxygen atoms in total. The second-order valence-corrected chi connectivity index (χ2v) is 3.81. The summed E-state index contributed by atoms with van der Waals surface area (Å²) in [7, 11) is 0. The van der Waals surface area contributed by atoms with Crippen LogP contribution >= 0.6 is 0 Å². The Balaban J connectivity index is 1.87. The van der Waals surface area contributed by atoms with E-state index in [1.807, 2.05) is 12.1 Å². The van der Waals surface area contributed by atoms with Gasteiger partial charge in [-0.1, -0.05) is 0 Å². The van der Waals surface area contributed by atoms with E-state index >= 15 is 0 Å². The van der Waals surface area contributed by atoms with E-state index in [1.165, 1.54) is 0 Å². The first-order valence-corrected chi connectivity index (χ1v) is 4.86. The molecule has 0 saturated carbocycles. The quantitative estimate of drug-likeness (QED) is 0.635. The fraction of sp³-hybridized carbons (Fsp3) is 0.500. The molecule has 0 bridgehead atoms. The Morgan fingerprint density at radius 1 is 1.67 bits per heavy atom. The van der Waals surface area contributed by atoms with Crippen molar-refractivity contribution in [2.24, 2.45) is 5.41 Å². The summed E-state index contributed by atoms with van der Waals surface area (Å²) in [6.45, 7) is 0.900. The van der Waals surface area contributed by atoms with Crippen molar-refractivity contribution in [2.75, 3.05) is 19.8 Å². The maximum absolute atomic E-state index is 11.7. The molecule has 0 unspecified atom stereocenters. The smallest absolute Gasteiger partial charge is 0.233 e. The second kappa shape index (κ2) is 4.04. The van der Waals surface area contributed by atoms with Crippen LogP contribution in [0, 0.1) is 5.41 Å². The second-order valence-electron chi connectivity index (χ2n) is 3.81. The fourth-order valence-corrected chi connectivity index (χ4v) is 1.48. The number of nitrogens with one attached hydrogen (secondary N) is 2. The van der Waals surface area contributed by atoms with Crippen molar-refractivity contribution in [3.8, 4) is 0 Å². The van der Waals surface area contributed by atoms with Crippen molar-refractivity contribution in [1.82, 2.24) is 10.3 Å². The van der Waals surface area contributed by atoms with Gasteiger partial charge in [0, 0.05) is 11.9 Å². The number of aliphatic hydroxyl groups is 1. The van der Waals surface area contributed by atoms with Crippen molar-refractivity contribution in [3.05, 3.63) is 24.0 Å². The molecule has 1 aliphatic heterocycles. The summed E-state index contributed by atoms with van der Waals surface area (Å²) in [5.74, 6) is -0.147. The van der Waals surface area contributed by atoms with E-state index in [0.717, 1.165) is 5.69 Å². The number of rotatable bonds is 4. The standard InChI is InChI=1S/C10H14N2O3/c13-5-10(6-15-7-10)9(14)12-4-8-2-1-3-11-8/h1-3,11,13H,4-7H2,(H,12,14). The Labute approximate surface area is 87.4 Å². The number of hydrogen-bond acceptors (Lipinski definition) is 3. The summed E-state index contributed by atoms with van der Waals surface area (Å²) in [5, 5.41) is 11.9. The van der Waals surface area contributed by atoms with E-state index in [0.29, 0.717) is 19.8 Å². The third-order valence-corrected chi connectivity index (χ3v) is 2.64. The van der Waals surface area contributed by atoms with Crippen molar-refractivity contribution < 1.29 is 14.6 Å². The first kappa shape index (κ1) is 10.2. The number of ether oxygens (including phenoxy) is 1. The van der Waals surface area contributed by atoms with Crippen LogP contribution in [-0.2, 0) is 16.1 Å². The van der Waals surface area contributed by atoms with Crippen molar-refractivity contribution in [1.29, 1.82) is 0 Å². The largest absolute Gasteiger partial charge is 0.395 e. The molecule has 1 fully saturated rings. The number of H-pyrrole nitrogens is 1. The number of aromatic amines is 1. The highest BCUT2D eigenvalue weighted by Crippen LogP contribution is 2.26. The zero-order valence-electron chi connectivity index (χ0n) is 8.32. The normalized spacial score (nSPS) is 18.2. The summed E-state index contributed by atoms with van der Waals surface area (Å²) in [4.78, 5) is 14.7. The molecular formula is C10H14N2O3. The summed E-state index contributed by atoms with van der Waals surface area (Å²) in [5.41, 5.74) is 0.226. The van der Waals surface area contributed by atoms with Gasteiger partial charge in [0.15, 0.2) is 0 Å². The Morgan fingerprint density at radius 2 is 2.47 bits per heavy atom. The Morgan fingerprint density at radius 3 is 2.93 bits per heavy atom. The molecule has 82 valence electrons. The minimum absolute atomic E-state index is 0.147. The van der Waals surface area contributed by atoms with Crippen molar-refractivity contribution in [2.45, 2.75) is 6.54 Å². The molecule has 0 aromatic carbocycles. The van der Waals surface area contributed by atoms with Crippen LogP contribution in [0.5, 0.6) is 0 Å². The van der Waals surface area contributed by atoms with E-state index in [2.05, 4.69) is 10.3 Å². The molecule has 2 rings (SSSR count). The monoisotopic (exact) mass is 210 g/mol. The number of amides is 1. The minimum atomic E-state index is -0.716. The van der Waals surface area contributed by atoms with Gasteiger partial charge in [0.1, 0.15) is 5.41 Å². The van der Waals surface area contributed by atoms with Gasteiger partial charge in [-0.05, 0) is 12.1 Å². The Bertz CT molecular complexity index is 325. The zero-order valence-corrected chi connectivity index (χ0v) is 8.32. The van der Waals surface area contributed by atoms with Crippen LogP contribution in [0.25, 0.3) is 0 Å². The summed E-state index contributed by atoms with van der Waals surface area (Å²) >= 11 is 0. The molecule has 1 aromatic heterocycles. The van der Waals surface area contributed by atoms with Crippen molar-refractivity contribution in [3.63, 3.8) is 0 Å². The van der Waals surface area contributed by atoms with Crippen LogP contribution in [0.4, 0.5) is 0 Å². The lowest BCUT2D eigenvalue weighted by atomic mass is 9.86. The molecule has 3 N–H and O–H groups in total. The molecule has 1 aromatic rings. The Kier molecular flexibility index (Phi) is 2.75. The van der Waals surface area contributed by atoms with E-state index < -0.39 is 5.41 Å². The molecule has 1 amide bonds.